The highest BCUT2D eigenvalue weighted by molar-refractivity contribution is 7.45. The van der Waals surface area contributed by atoms with Crippen LogP contribution in [0.25, 0.3) is 22.3 Å². The van der Waals surface area contributed by atoms with Crippen molar-refractivity contribution in [3.63, 3.8) is 0 Å². The lowest BCUT2D eigenvalue weighted by Gasteiger charge is -2.17. The molecule has 136 valence electrons. The minimum atomic E-state index is -4.64. The molecule has 0 saturated carbocycles. The molecule has 3 aromatic rings. The maximum absolute atomic E-state index is 8.88. The summed E-state index contributed by atoms with van der Waals surface area (Å²) in [5, 5.41) is 0. The van der Waals surface area contributed by atoms with Gasteiger partial charge in [-0.3, -0.25) is 0 Å². The quantitative estimate of drug-likeness (QED) is 0.569. The predicted octanol–water partition coefficient (Wildman–Crippen LogP) is 4.96. The molecule has 0 bridgehead atoms. The SMILES string of the molecule is CCc1c(C)ccc(-c2ccccc2)c1-c1ccccc1.O=P(O)(O)O. The van der Waals surface area contributed by atoms with Gasteiger partial charge in [-0.15, -0.1) is 0 Å². The molecule has 0 saturated heterocycles. The molecule has 0 spiro atoms. The Labute approximate surface area is 154 Å². The van der Waals surface area contributed by atoms with Gasteiger partial charge >= 0.3 is 7.82 Å². The largest absolute Gasteiger partial charge is 0.466 e. The number of hydrogen-bond acceptors (Lipinski definition) is 1. The van der Waals surface area contributed by atoms with Crippen LogP contribution in [0.4, 0.5) is 0 Å². The minimum Gasteiger partial charge on any atom is -0.303 e. The van der Waals surface area contributed by atoms with Crippen LogP contribution in [0.5, 0.6) is 0 Å². The Bertz CT molecular complexity index is 878. The molecule has 0 aromatic heterocycles. The molecule has 4 nitrogen and oxygen atoms in total. The van der Waals surface area contributed by atoms with Gasteiger partial charge in [0, 0.05) is 0 Å². The molecule has 0 amide bonds. The molecule has 0 aliphatic heterocycles. The van der Waals surface area contributed by atoms with E-state index < -0.39 is 7.82 Å². The molecule has 0 radical (unpaired) electrons. The number of rotatable bonds is 3. The van der Waals surface area contributed by atoms with Crippen molar-refractivity contribution in [1.29, 1.82) is 0 Å². The third kappa shape index (κ3) is 5.65. The van der Waals surface area contributed by atoms with Crippen molar-refractivity contribution in [3.05, 3.63) is 83.9 Å². The lowest BCUT2D eigenvalue weighted by atomic mass is 9.87. The Morgan fingerprint density at radius 3 is 1.69 bits per heavy atom. The number of phosphoric acid groups is 1. The summed E-state index contributed by atoms with van der Waals surface area (Å²) < 4.78 is 8.88. The molecule has 3 N–H and O–H groups in total. The van der Waals surface area contributed by atoms with Crippen LogP contribution in [-0.4, -0.2) is 14.7 Å². The third-order valence-electron chi connectivity index (χ3n) is 4.05. The molecule has 3 rings (SSSR count). The topological polar surface area (TPSA) is 77.8 Å². The molecule has 0 aliphatic carbocycles. The third-order valence-corrected chi connectivity index (χ3v) is 4.05. The monoisotopic (exact) mass is 370 g/mol. The first-order valence-corrected chi connectivity index (χ1v) is 9.89. The zero-order chi connectivity index (χ0) is 19.2. The fourth-order valence-corrected chi connectivity index (χ4v) is 3.00. The van der Waals surface area contributed by atoms with Gasteiger partial charge in [0.05, 0.1) is 0 Å². The number of hydrogen-bond donors (Lipinski definition) is 3. The number of aryl methyl sites for hydroxylation is 1. The van der Waals surface area contributed by atoms with Gasteiger partial charge in [-0.05, 0) is 46.7 Å². The zero-order valence-electron chi connectivity index (χ0n) is 14.8. The Kier molecular flexibility index (Phi) is 6.90. The van der Waals surface area contributed by atoms with Gasteiger partial charge in [0.25, 0.3) is 0 Å². The second-order valence-corrected chi connectivity index (χ2v) is 6.91. The van der Waals surface area contributed by atoms with E-state index >= 15 is 0 Å². The van der Waals surface area contributed by atoms with Crippen molar-refractivity contribution in [2.24, 2.45) is 0 Å². The van der Waals surface area contributed by atoms with Crippen LogP contribution < -0.4 is 0 Å². The normalized spacial score (nSPS) is 10.8. The summed E-state index contributed by atoms with van der Waals surface area (Å²) in [6.45, 7) is 4.45. The van der Waals surface area contributed by atoms with Gasteiger partial charge in [0.1, 0.15) is 0 Å². The molecule has 3 aromatic carbocycles. The molecule has 5 heteroatoms. The average Bonchev–Trinajstić information content (AvgIpc) is 2.61. The van der Waals surface area contributed by atoms with E-state index in [2.05, 4.69) is 86.6 Å². The van der Waals surface area contributed by atoms with E-state index in [4.69, 9.17) is 19.2 Å². The number of benzene rings is 3. The van der Waals surface area contributed by atoms with Gasteiger partial charge in [0.15, 0.2) is 0 Å². The lowest BCUT2D eigenvalue weighted by Crippen LogP contribution is -1.95. The molecular formula is C21H23O4P. The van der Waals surface area contributed by atoms with Gasteiger partial charge in [0.2, 0.25) is 0 Å². The standard InChI is InChI=1S/C21H20.H3O4P/c1-3-19-16(2)14-15-20(17-10-6-4-7-11-17)21(19)18-12-8-5-9-13-18;1-5(2,3)4/h4-15H,3H2,1-2H3;(H3,1,2,3,4). The first kappa shape index (κ1) is 20.1. The van der Waals surface area contributed by atoms with Gasteiger partial charge < -0.3 is 14.7 Å². The summed E-state index contributed by atoms with van der Waals surface area (Å²) in [5.41, 5.74) is 8.11. The van der Waals surface area contributed by atoms with Crippen LogP contribution in [0, 0.1) is 6.92 Å². The van der Waals surface area contributed by atoms with Gasteiger partial charge in [-0.2, -0.15) is 0 Å². The highest BCUT2D eigenvalue weighted by Gasteiger charge is 2.13. The Morgan fingerprint density at radius 1 is 0.769 bits per heavy atom. The predicted molar refractivity (Wildman–Crippen MR) is 106 cm³/mol. The van der Waals surface area contributed by atoms with E-state index in [1.807, 2.05) is 0 Å². The van der Waals surface area contributed by atoms with Crippen LogP contribution in [0.1, 0.15) is 18.1 Å². The van der Waals surface area contributed by atoms with E-state index in [0.29, 0.717) is 0 Å². The highest BCUT2D eigenvalue weighted by Crippen LogP contribution is 2.36. The van der Waals surface area contributed by atoms with E-state index in [1.165, 1.54) is 33.4 Å². The summed E-state index contributed by atoms with van der Waals surface area (Å²) in [4.78, 5) is 21.6. The van der Waals surface area contributed by atoms with Crippen molar-refractivity contribution in [3.8, 4) is 22.3 Å². The lowest BCUT2D eigenvalue weighted by molar-refractivity contribution is 0.275. The summed E-state index contributed by atoms with van der Waals surface area (Å²) in [6, 6.07) is 25.9. The summed E-state index contributed by atoms with van der Waals surface area (Å²) >= 11 is 0. The second kappa shape index (κ2) is 8.93. The van der Waals surface area contributed by atoms with Gasteiger partial charge in [-0.25, -0.2) is 4.57 Å². The molecule has 0 heterocycles. The average molecular weight is 370 g/mol. The van der Waals surface area contributed by atoms with Crippen LogP contribution in [0.3, 0.4) is 0 Å². The minimum absolute atomic E-state index is 1.05. The molecule has 0 fully saturated rings. The van der Waals surface area contributed by atoms with Crippen LogP contribution in [0.2, 0.25) is 0 Å². The van der Waals surface area contributed by atoms with Crippen LogP contribution in [-0.2, 0) is 11.0 Å². The smallest absolute Gasteiger partial charge is 0.303 e. The summed E-state index contributed by atoms with van der Waals surface area (Å²) in [5.74, 6) is 0. The highest BCUT2D eigenvalue weighted by atomic mass is 31.2. The Morgan fingerprint density at radius 2 is 1.23 bits per heavy atom. The van der Waals surface area contributed by atoms with Crippen molar-refractivity contribution in [2.75, 3.05) is 0 Å². The molecular weight excluding hydrogens is 347 g/mol. The van der Waals surface area contributed by atoms with E-state index in [9.17, 15) is 0 Å². The summed E-state index contributed by atoms with van der Waals surface area (Å²) in [6.07, 6.45) is 1.05. The fourth-order valence-electron chi connectivity index (χ4n) is 3.00. The van der Waals surface area contributed by atoms with Crippen molar-refractivity contribution in [2.45, 2.75) is 20.3 Å². The van der Waals surface area contributed by atoms with Crippen molar-refractivity contribution < 1.29 is 19.2 Å². The van der Waals surface area contributed by atoms with E-state index in [-0.39, 0.29) is 0 Å². The second-order valence-electron chi connectivity index (χ2n) is 5.88. The van der Waals surface area contributed by atoms with Crippen LogP contribution in [0.15, 0.2) is 72.8 Å². The van der Waals surface area contributed by atoms with Gasteiger partial charge in [-0.1, -0.05) is 79.7 Å². The molecule has 0 unspecified atom stereocenters. The molecule has 26 heavy (non-hydrogen) atoms. The first-order chi connectivity index (χ1) is 12.3. The van der Waals surface area contributed by atoms with Crippen LogP contribution >= 0.6 is 7.82 Å². The van der Waals surface area contributed by atoms with E-state index in [1.54, 1.807) is 0 Å². The fraction of sp³-hybridized carbons (Fsp3) is 0.143. The van der Waals surface area contributed by atoms with E-state index in [0.717, 1.165) is 6.42 Å². The Hall–Kier alpha value is -2.23. The maximum Gasteiger partial charge on any atom is 0.466 e. The molecule has 0 aliphatic rings. The maximum atomic E-state index is 8.88. The van der Waals surface area contributed by atoms with Crippen molar-refractivity contribution in [1.82, 2.24) is 0 Å². The molecule has 0 atom stereocenters. The first-order valence-electron chi connectivity index (χ1n) is 8.33. The van der Waals surface area contributed by atoms with Crippen molar-refractivity contribution >= 4 is 7.82 Å². The Balaban J connectivity index is 0.000000431. The zero-order valence-corrected chi connectivity index (χ0v) is 15.7. The summed E-state index contributed by atoms with van der Waals surface area (Å²) in [7, 11) is -4.64.